The number of hydrogen-bond donors (Lipinski definition) is 1. The topological polar surface area (TPSA) is 41.6 Å². The summed E-state index contributed by atoms with van der Waals surface area (Å²) in [6, 6.07) is 7.73. The summed E-state index contributed by atoms with van der Waals surface area (Å²) >= 11 is 0. The van der Waals surface area contributed by atoms with Crippen molar-refractivity contribution >= 4 is 5.91 Å². The van der Waals surface area contributed by atoms with Crippen LogP contribution in [0.2, 0.25) is 0 Å². The molecule has 1 aliphatic rings. The molecule has 1 saturated heterocycles. The number of amides is 1. The minimum absolute atomic E-state index is 0.0917. The molecular formula is C16H24N2O2. The van der Waals surface area contributed by atoms with E-state index in [2.05, 4.69) is 26.1 Å². The molecule has 110 valence electrons. The van der Waals surface area contributed by atoms with Crippen molar-refractivity contribution in [3.63, 3.8) is 0 Å². The molecule has 0 saturated carbocycles. The van der Waals surface area contributed by atoms with Crippen LogP contribution in [0.4, 0.5) is 0 Å². The molecule has 0 unspecified atom stereocenters. The number of benzene rings is 1. The third-order valence-corrected chi connectivity index (χ3v) is 3.43. The predicted molar refractivity (Wildman–Crippen MR) is 80.1 cm³/mol. The van der Waals surface area contributed by atoms with Gasteiger partial charge in [0.25, 0.3) is 5.91 Å². The maximum absolute atomic E-state index is 12.5. The molecule has 1 N–H and O–H groups in total. The Kier molecular flexibility index (Phi) is 5.01. The van der Waals surface area contributed by atoms with E-state index in [1.165, 1.54) is 0 Å². The average molecular weight is 276 g/mol. The number of nitrogens with one attached hydrogen (secondary N) is 1. The molecule has 0 aliphatic carbocycles. The fourth-order valence-corrected chi connectivity index (χ4v) is 2.29. The predicted octanol–water partition coefficient (Wildman–Crippen LogP) is 2.16. The van der Waals surface area contributed by atoms with Crippen molar-refractivity contribution in [1.29, 1.82) is 0 Å². The fourth-order valence-electron chi connectivity index (χ4n) is 2.29. The lowest BCUT2D eigenvalue weighted by molar-refractivity contribution is 0.0655. The zero-order valence-electron chi connectivity index (χ0n) is 12.6. The zero-order chi connectivity index (χ0) is 14.5. The molecular weight excluding hydrogens is 252 g/mol. The summed E-state index contributed by atoms with van der Waals surface area (Å²) in [5.41, 5.74) is 0.708. The van der Waals surface area contributed by atoms with Crippen LogP contribution in [0.1, 0.15) is 31.1 Å². The first kappa shape index (κ1) is 14.9. The van der Waals surface area contributed by atoms with Gasteiger partial charge in [0.05, 0.1) is 6.61 Å². The van der Waals surface area contributed by atoms with Crippen molar-refractivity contribution in [2.75, 3.05) is 26.2 Å². The smallest absolute Gasteiger partial charge is 0.254 e. The van der Waals surface area contributed by atoms with Crippen molar-refractivity contribution in [2.45, 2.75) is 26.8 Å². The number of hydrogen-bond acceptors (Lipinski definition) is 3. The Bertz CT molecular complexity index is 460. The number of nitrogens with zero attached hydrogens (tertiary/aromatic N) is 1. The first-order chi connectivity index (χ1) is 9.58. The largest absolute Gasteiger partial charge is 0.493 e. The van der Waals surface area contributed by atoms with Gasteiger partial charge in [-0.1, -0.05) is 19.9 Å². The lowest BCUT2D eigenvalue weighted by Crippen LogP contribution is -2.52. The number of piperazine rings is 1. The summed E-state index contributed by atoms with van der Waals surface area (Å²) in [6.45, 7) is 9.44. The highest BCUT2D eigenvalue weighted by Crippen LogP contribution is 2.17. The van der Waals surface area contributed by atoms with Crippen LogP contribution in [-0.2, 0) is 0 Å². The zero-order valence-corrected chi connectivity index (χ0v) is 12.6. The van der Waals surface area contributed by atoms with Gasteiger partial charge in [0, 0.05) is 31.2 Å². The first-order valence-corrected chi connectivity index (χ1v) is 7.32. The molecule has 2 rings (SSSR count). The van der Waals surface area contributed by atoms with E-state index in [-0.39, 0.29) is 11.9 Å². The summed E-state index contributed by atoms with van der Waals surface area (Å²) in [5, 5.41) is 3.30. The highest BCUT2D eigenvalue weighted by Gasteiger charge is 2.24. The molecule has 1 amide bonds. The van der Waals surface area contributed by atoms with Crippen LogP contribution in [0.25, 0.3) is 0 Å². The molecule has 0 bridgehead atoms. The Hall–Kier alpha value is -1.55. The Morgan fingerprint density at radius 3 is 3.00 bits per heavy atom. The first-order valence-electron chi connectivity index (χ1n) is 7.32. The Morgan fingerprint density at radius 2 is 2.30 bits per heavy atom. The van der Waals surface area contributed by atoms with E-state index in [1.54, 1.807) is 0 Å². The Labute approximate surface area is 121 Å². The monoisotopic (exact) mass is 276 g/mol. The van der Waals surface area contributed by atoms with Crippen molar-refractivity contribution in [3.05, 3.63) is 29.8 Å². The summed E-state index contributed by atoms with van der Waals surface area (Å²) in [6.07, 6.45) is 0. The third kappa shape index (κ3) is 3.73. The van der Waals surface area contributed by atoms with Gasteiger partial charge in [-0.2, -0.15) is 0 Å². The van der Waals surface area contributed by atoms with Gasteiger partial charge in [-0.15, -0.1) is 0 Å². The van der Waals surface area contributed by atoms with E-state index in [0.717, 1.165) is 25.4 Å². The summed E-state index contributed by atoms with van der Waals surface area (Å²) in [7, 11) is 0. The fraction of sp³-hybridized carbons (Fsp3) is 0.562. The van der Waals surface area contributed by atoms with Crippen molar-refractivity contribution in [3.8, 4) is 5.75 Å². The van der Waals surface area contributed by atoms with Crippen LogP contribution in [-0.4, -0.2) is 43.1 Å². The summed E-state index contributed by atoms with van der Waals surface area (Å²) in [5.74, 6) is 1.34. The maximum atomic E-state index is 12.5. The average Bonchev–Trinajstić information content (AvgIpc) is 2.45. The van der Waals surface area contributed by atoms with E-state index < -0.39 is 0 Å². The van der Waals surface area contributed by atoms with Gasteiger partial charge < -0.3 is 15.0 Å². The molecule has 1 aromatic carbocycles. The van der Waals surface area contributed by atoms with Crippen LogP contribution < -0.4 is 10.1 Å². The molecule has 1 fully saturated rings. The highest BCUT2D eigenvalue weighted by atomic mass is 16.5. The molecule has 1 aliphatic heterocycles. The standard InChI is InChI=1S/C16H24N2O2/c1-12(2)11-20-15-6-4-5-14(9-15)16(19)18-8-7-17-10-13(18)3/h4-6,9,12-13,17H,7-8,10-11H2,1-3H3/t13-/m0/s1. The van der Waals surface area contributed by atoms with Crippen LogP contribution >= 0.6 is 0 Å². The third-order valence-electron chi connectivity index (χ3n) is 3.43. The molecule has 0 spiro atoms. The van der Waals surface area contributed by atoms with Crippen molar-refractivity contribution in [2.24, 2.45) is 5.92 Å². The van der Waals surface area contributed by atoms with Crippen LogP contribution in [0.5, 0.6) is 5.75 Å². The molecule has 0 radical (unpaired) electrons. The number of rotatable bonds is 4. The molecule has 4 nitrogen and oxygen atoms in total. The second-order valence-corrected chi connectivity index (χ2v) is 5.78. The SMILES string of the molecule is CC(C)COc1cccc(C(=O)N2CCNC[C@@H]2C)c1. The molecule has 1 atom stereocenters. The van der Waals surface area contributed by atoms with E-state index in [1.807, 2.05) is 29.2 Å². The van der Waals surface area contributed by atoms with Gasteiger partial charge in [0.15, 0.2) is 0 Å². The van der Waals surface area contributed by atoms with E-state index >= 15 is 0 Å². The molecule has 1 heterocycles. The lowest BCUT2D eigenvalue weighted by Gasteiger charge is -2.34. The second kappa shape index (κ2) is 6.75. The van der Waals surface area contributed by atoms with Gasteiger partial charge >= 0.3 is 0 Å². The van der Waals surface area contributed by atoms with Gasteiger partial charge in [0.2, 0.25) is 0 Å². The van der Waals surface area contributed by atoms with Gasteiger partial charge in [-0.3, -0.25) is 4.79 Å². The Balaban J connectivity index is 2.07. The quantitative estimate of drug-likeness (QED) is 0.916. The summed E-state index contributed by atoms with van der Waals surface area (Å²) < 4.78 is 5.69. The van der Waals surface area contributed by atoms with Gasteiger partial charge in [0.1, 0.15) is 5.75 Å². The minimum Gasteiger partial charge on any atom is -0.493 e. The number of ether oxygens (including phenoxy) is 1. The minimum atomic E-state index is 0.0917. The number of carbonyl (C=O) groups excluding carboxylic acids is 1. The van der Waals surface area contributed by atoms with Crippen molar-refractivity contribution in [1.82, 2.24) is 10.2 Å². The van der Waals surface area contributed by atoms with Gasteiger partial charge in [-0.05, 0) is 31.0 Å². The van der Waals surface area contributed by atoms with Crippen LogP contribution in [0, 0.1) is 5.92 Å². The molecule has 4 heteroatoms. The lowest BCUT2D eigenvalue weighted by atomic mass is 10.1. The number of carbonyl (C=O) groups is 1. The van der Waals surface area contributed by atoms with Gasteiger partial charge in [-0.25, -0.2) is 0 Å². The van der Waals surface area contributed by atoms with Crippen molar-refractivity contribution < 1.29 is 9.53 Å². The molecule has 1 aromatic rings. The Morgan fingerprint density at radius 1 is 1.50 bits per heavy atom. The van der Waals surface area contributed by atoms with E-state index in [0.29, 0.717) is 18.1 Å². The van der Waals surface area contributed by atoms with E-state index in [4.69, 9.17) is 4.74 Å². The normalized spacial score (nSPS) is 19.2. The molecule has 20 heavy (non-hydrogen) atoms. The van der Waals surface area contributed by atoms with Crippen LogP contribution in [0.3, 0.4) is 0 Å². The summed E-state index contributed by atoms with van der Waals surface area (Å²) in [4.78, 5) is 14.5. The van der Waals surface area contributed by atoms with Crippen LogP contribution in [0.15, 0.2) is 24.3 Å². The maximum Gasteiger partial charge on any atom is 0.254 e. The molecule has 0 aromatic heterocycles. The highest BCUT2D eigenvalue weighted by molar-refractivity contribution is 5.94. The van der Waals surface area contributed by atoms with E-state index in [9.17, 15) is 4.79 Å². The second-order valence-electron chi connectivity index (χ2n) is 5.78.